The number of nitro groups is 1. The molecule has 0 bridgehead atoms. The minimum Gasteiger partial charge on any atom is -0.391 e. The molecule has 2 rings (SSSR count). The van der Waals surface area contributed by atoms with Crippen molar-refractivity contribution in [3.05, 3.63) is 38.9 Å². The number of carbonyl (C=O) groups is 1. The van der Waals surface area contributed by atoms with Gasteiger partial charge in [0, 0.05) is 25.2 Å². The summed E-state index contributed by atoms with van der Waals surface area (Å²) in [4.78, 5) is 23.6. The van der Waals surface area contributed by atoms with E-state index in [9.17, 15) is 20.0 Å². The van der Waals surface area contributed by atoms with Crippen LogP contribution < -0.4 is 0 Å². The summed E-state index contributed by atoms with van der Waals surface area (Å²) in [5.74, 6) is -0.389. The second-order valence-corrected chi connectivity index (χ2v) is 4.52. The van der Waals surface area contributed by atoms with Crippen LogP contribution in [0.2, 0.25) is 5.02 Å². The molecule has 0 aromatic heterocycles. The van der Waals surface area contributed by atoms with Gasteiger partial charge in [0.15, 0.2) is 0 Å². The molecule has 1 atom stereocenters. The number of benzene rings is 1. The van der Waals surface area contributed by atoms with Gasteiger partial charge in [0.05, 0.1) is 21.6 Å². The number of amides is 1. The van der Waals surface area contributed by atoms with Crippen LogP contribution in [0.1, 0.15) is 16.8 Å². The lowest BCUT2D eigenvalue weighted by Crippen LogP contribution is -2.29. The summed E-state index contributed by atoms with van der Waals surface area (Å²) in [5.41, 5.74) is -0.0811. The van der Waals surface area contributed by atoms with Gasteiger partial charge >= 0.3 is 0 Å². The summed E-state index contributed by atoms with van der Waals surface area (Å²) in [5, 5.41) is 20.2. The van der Waals surface area contributed by atoms with E-state index in [0.717, 1.165) is 6.07 Å². The zero-order valence-corrected chi connectivity index (χ0v) is 10.1. The number of aliphatic hydroxyl groups is 1. The Bertz CT molecular complexity index is 506. The molecule has 0 saturated carbocycles. The van der Waals surface area contributed by atoms with E-state index in [1.54, 1.807) is 0 Å². The fourth-order valence-corrected chi connectivity index (χ4v) is 2.09. The molecule has 1 fully saturated rings. The van der Waals surface area contributed by atoms with Crippen molar-refractivity contribution < 1.29 is 14.8 Å². The predicted molar refractivity (Wildman–Crippen MR) is 64.6 cm³/mol. The molecular weight excluding hydrogens is 260 g/mol. The summed E-state index contributed by atoms with van der Waals surface area (Å²) in [6.45, 7) is 0.664. The molecule has 6 nitrogen and oxygen atoms in total. The Morgan fingerprint density at radius 2 is 2.28 bits per heavy atom. The highest BCUT2D eigenvalue weighted by Gasteiger charge is 2.27. The monoisotopic (exact) mass is 270 g/mol. The van der Waals surface area contributed by atoms with Gasteiger partial charge in [-0.25, -0.2) is 0 Å². The maximum absolute atomic E-state index is 12.1. The number of likely N-dealkylation sites (tertiary alicyclic amines) is 1. The molecule has 1 aliphatic rings. The van der Waals surface area contributed by atoms with Crippen molar-refractivity contribution in [2.75, 3.05) is 13.1 Å². The number of aliphatic hydroxyl groups excluding tert-OH is 1. The van der Waals surface area contributed by atoms with Crippen LogP contribution in [-0.2, 0) is 0 Å². The standard InChI is InChI=1S/C11H11ClN2O4/c12-10-2-1-7(14(17)18)5-9(10)11(16)13-4-3-8(15)6-13/h1-2,5,8,15H,3-4,6H2/t8-/m1/s1. The number of nitro benzene ring substituents is 1. The Kier molecular flexibility index (Phi) is 3.49. The third-order valence-corrected chi connectivity index (χ3v) is 3.17. The Morgan fingerprint density at radius 1 is 1.56 bits per heavy atom. The first-order chi connectivity index (χ1) is 8.49. The van der Waals surface area contributed by atoms with E-state index in [1.165, 1.54) is 17.0 Å². The van der Waals surface area contributed by atoms with E-state index < -0.39 is 11.0 Å². The molecule has 0 aliphatic carbocycles. The lowest BCUT2D eigenvalue weighted by Gasteiger charge is -2.16. The van der Waals surface area contributed by atoms with E-state index >= 15 is 0 Å². The molecule has 7 heteroatoms. The van der Waals surface area contributed by atoms with Gasteiger partial charge in [0.1, 0.15) is 0 Å². The van der Waals surface area contributed by atoms with Gasteiger partial charge in [-0.3, -0.25) is 14.9 Å². The highest BCUT2D eigenvalue weighted by Crippen LogP contribution is 2.24. The maximum atomic E-state index is 12.1. The van der Waals surface area contributed by atoms with Crippen molar-refractivity contribution in [2.24, 2.45) is 0 Å². The molecule has 1 amide bonds. The molecular formula is C11H11ClN2O4. The van der Waals surface area contributed by atoms with E-state index in [4.69, 9.17) is 11.6 Å². The Labute approximate surface area is 108 Å². The molecule has 1 N–H and O–H groups in total. The molecule has 0 spiro atoms. The lowest BCUT2D eigenvalue weighted by molar-refractivity contribution is -0.384. The van der Waals surface area contributed by atoms with Crippen molar-refractivity contribution in [3.8, 4) is 0 Å². The van der Waals surface area contributed by atoms with Crippen molar-refractivity contribution in [1.82, 2.24) is 4.90 Å². The fourth-order valence-electron chi connectivity index (χ4n) is 1.89. The molecule has 1 aromatic carbocycles. The van der Waals surface area contributed by atoms with E-state index in [2.05, 4.69) is 0 Å². The smallest absolute Gasteiger partial charge is 0.270 e. The molecule has 0 unspecified atom stereocenters. The topological polar surface area (TPSA) is 83.7 Å². The Balaban J connectivity index is 2.29. The molecule has 1 aliphatic heterocycles. The minimum atomic E-state index is -0.577. The number of hydrogen-bond donors (Lipinski definition) is 1. The first kappa shape index (κ1) is 12.8. The zero-order chi connectivity index (χ0) is 13.3. The largest absolute Gasteiger partial charge is 0.391 e. The fraction of sp³-hybridized carbons (Fsp3) is 0.364. The maximum Gasteiger partial charge on any atom is 0.270 e. The molecule has 1 saturated heterocycles. The van der Waals surface area contributed by atoms with Crippen molar-refractivity contribution in [2.45, 2.75) is 12.5 Å². The van der Waals surface area contributed by atoms with Crippen LogP contribution in [0.15, 0.2) is 18.2 Å². The third-order valence-electron chi connectivity index (χ3n) is 2.84. The molecule has 1 aromatic rings. The first-order valence-electron chi connectivity index (χ1n) is 5.40. The lowest BCUT2D eigenvalue weighted by atomic mass is 10.2. The van der Waals surface area contributed by atoms with Crippen LogP contribution in [-0.4, -0.2) is 40.0 Å². The average molecular weight is 271 g/mol. The van der Waals surface area contributed by atoms with Crippen molar-refractivity contribution in [1.29, 1.82) is 0 Å². The van der Waals surface area contributed by atoms with Crippen LogP contribution in [0.25, 0.3) is 0 Å². The SMILES string of the molecule is O=C(c1cc([N+](=O)[O-])ccc1Cl)N1CC[C@@H](O)C1. The summed E-state index contributed by atoms with van der Waals surface area (Å²) >= 11 is 5.88. The molecule has 18 heavy (non-hydrogen) atoms. The van der Waals surface area contributed by atoms with Crippen LogP contribution in [0.3, 0.4) is 0 Å². The van der Waals surface area contributed by atoms with E-state index in [1.807, 2.05) is 0 Å². The van der Waals surface area contributed by atoms with Gasteiger partial charge in [0.25, 0.3) is 11.6 Å². The Hall–Kier alpha value is -1.66. The zero-order valence-electron chi connectivity index (χ0n) is 9.38. The second-order valence-electron chi connectivity index (χ2n) is 4.11. The van der Waals surface area contributed by atoms with Crippen LogP contribution >= 0.6 is 11.6 Å². The van der Waals surface area contributed by atoms with E-state index in [0.29, 0.717) is 13.0 Å². The summed E-state index contributed by atoms with van der Waals surface area (Å²) < 4.78 is 0. The normalized spacial score (nSPS) is 19.0. The highest BCUT2D eigenvalue weighted by molar-refractivity contribution is 6.33. The van der Waals surface area contributed by atoms with Crippen LogP contribution in [0, 0.1) is 10.1 Å². The predicted octanol–water partition coefficient (Wildman–Crippen LogP) is 1.45. The second kappa shape index (κ2) is 4.91. The average Bonchev–Trinajstić information content (AvgIpc) is 2.75. The van der Waals surface area contributed by atoms with Crippen LogP contribution in [0.4, 0.5) is 5.69 Å². The van der Waals surface area contributed by atoms with Gasteiger partial charge in [-0.05, 0) is 12.5 Å². The van der Waals surface area contributed by atoms with Crippen molar-refractivity contribution >= 4 is 23.2 Å². The summed E-state index contributed by atoms with van der Waals surface area (Å²) in [6.07, 6.45) is -0.0235. The van der Waals surface area contributed by atoms with Gasteiger partial charge in [-0.1, -0.05) is 11.6 Å². The summed E-state index contributed by atoms with van der Waals surface area (Å²) in [7, 11) is 0. The minimum absolute atomic E-state index is 0.0972. The molecule has 96 valence electrons. The number of carbonyl (C=O) groups excluding carboxylic acids is 1. The number of nitrogens with zero attached hydrogens (tertiary/aromatic N) is 2. The van der Waals surface area contributed by atoms with Crippen LogP contribution in [0.5, 0.6) is 0 Å². The first-order valence-corrected chi connectivity index (χ1v) is 5.78. The third kappa shape index (κ3) is 2.44. The number of halogens is 1. The summed E-state index contributed by atoms with van der Waals surface area (Å²) in [6, 6.07) is 3.74. The van der Waals surface area contributed by atoms with Gasteiger partial charge in [-0.2, -0.15) is 0 Å². The number of hydrogen-bond acceptors (Lipinski definition) is 4. The van der Waals surface area contributed by atoms with Crippen molar-refractivity contribution in [3.63, 3.8) is 0 Å². The Morgan fingerprint density at radius 3 is 2.83 bits per heavy atom. The van der Waals surface area contributed by atoms with Gasteiger partial charge < -0.3 is 10.0 Å². The number of β-amino-alcohol motifs (C(OH)–C–C–N with tert-alkyl or cyclic N) is 1. The number of rotatable bonds is 2. The van der Waals surface area contributed by atoms with Gasteiger partial charge in [-0.15, -0.1) is 0 Å². The highest BCUT2D eigenvalue weighted by atomic mass is 35.5. The number of non-ortho nitro benzene ring substituents is 1. The van der Waals surface area contributed by atoms with Gasteiger partial charge in [0.2, 0.25) is 0 Å². The quantitative estimate of drug-likeness (QED) is 0.651. The molecule has 1 heterocycles. The molecule has 0 radical (unpaired) electrons. The van der Waals surface area contributed by atoms with E-state index in [-0.39, 0.29) is 28.7 Å².